The van der Waals surface area contributed by atoms with Crippen LogP contribution in [0.4, 0.5) is 4.39 Å². The first-order chi connectivity index (χ1) is 6.22. The molecule has 0 aliphatic heterocycles. The minimum atomic E-state index is -0.266. The van der Waals surface area contributed by atoms with Crippen LogP contribution in [-0.2, 0) is 0 Å². The fourth-order valence-electron chi connectivity index (χ4n) is 0.838. The van der Waals surface area contributed by atoms with Crippen molar-refractivity contribution >= 4 is 31.9 Å². The predicted octanol–water partition coefficient (Wildman–Crippen LogP) is 3.72. The van der Waals surface area contributed by atoms with Crippen LogP contribution in [0.25, 0.3) is 0 Å². The summed E-state index contributed by atoms with van der Waals surface area (Å²) in [7, 11) is 0. The van der Waals surface area contributed by atoms with Gasteiger partial charge in [0.25, 0.3) is 0 Å². The average molecular weight is 306 g/mol. The summed E-state index contributed by atoms with van der Waals surface area (Å²) in [4.78, 5) is 0. The van der Waals surface area contributed by atoms with E-state index in [4.69, 9.17) is 0 Å². The molecular formula is C10H7Br2F. The Labute approximate surface area is 93.8 Å². The maximum atomic E-state index is 12.8. The Morgan fingerprint density at radius 1 is 1.31 bits per heavy atom. The molecule has 0 saturated carbocycles. The summed E-state index contributed by atoms with van der Waals surface area (Å²) >= 11 is 6.47. The zero-order valence-corrected chi connectivity index (χ0v) is 9.95. The van der Waals surface area contributed by atoms with E-state index in [0.29, 0.717) is 5.56 Å². The van der Waals surface area contributed by atoms with Crippen molar-refractivity contribution in [3.05, 3.63) is 34.1 Å². The third-order valence-electron chi connectivity index (χ3n) is 1.31. The van der Waals surface area contributed by atoms with Crippen molar-refractivity contribution in [1.29, 1.82) is 0 Å². The SMILES string of the molecule is Fc1cc(Br)cc(C#CCCBr)c1. The maximum absolute atomic E-state index is 12.8. The minimum Gasteiger partial charge on any atom is -0.207 e. The molecule has 3 heteroatoms. The molecule has 0 bridgehead atoms. The third kappa shape index (κ3) is 3.93. The summed E-state index contributed by atoms with van der Waals surface area (Å²) in [6.45, 7) is 0. The zero-order valence-electron chi connectivity index (χ0n) is 6.78. The van der Waals surface area contributed by atoms with E-state index in [1.165, 1.54) is 12.1 Å². The molecule has 0 heterocycles. The standard InChI is InChI=1S/C10H7Br2F/c11-4-2-1-3-8-5-9(12)7-10(13)6-8/h5-7H,2,4H2. The van der Waals surface area contributed by atoms with Gasteiger partial charge in [0.05, 0.1) is 0 Å². The number of benzene rings is 1. The minimum absolute atomic E-state index is 0.266. The number of hydrogen-bond acceptors (Lipinski definition) is 0. The molecule has 68 valence electrons. The lowest BCUT2D eigenvalue weighted by Gasteiger charge is -1.93. The van der Waals surface area contributed by atoms with Crippen LogP contribution in [0.1, 0.15) is 12.0 Å². The number of halogens is 3. The molecule has 0 unspecified atom stereocenters. The topological polar surface area (TPSA) is 0 Å². The van der Waals surface area contributed by atoms with Gasteiger partial charge in [0.1, 0.15) is 5.82 Å². The van der Waals surface area contributed by atoms with E-state index in [1.54, 1.807) is 6.07 Å². The lowest BCUT2D eigenvalue weighted by atomic mass is 10.2. The summed E-state index contributed by atoms with van der Waals surface area (Å²) in [5.41, 5.74) is 0.702. The quantitative estimate of drug-likeness (QED) is 0.548. The fraction of sp³-hybridized carbons (Fsp3) is 0.200. The molecule has 0 aliphatic carbocycles. The molecule has 0 aromatic heterocycles. The van der Waals surface area contributed by atoms with Gasteiger partial charge >= 0.3 is 0 Å². The lowest BCUT2D eigenvalue weighted by Crippen LogP contribution is -1.79. The van der Waals surface area contributed by atoms with E-state index in [2.05, 4.69) is 43.7 Å². The molecule has 13 heavy (non-hydrogen) atoms. The molecule has 0 radical (unpaired) electrons. The highest BCUT2D eigenvalue weighted by molar-refractivity contribution is 9.10. The third-order valence-corrected chi connectivity index (χ3v) is 2.17. The van der Waals surface area contributed by atoms with Crippen molar-refractivity contribution in [3.8, 4) is 11.8 Å². The summed E-state index contributed by atoms with van der Waals surface area (Å²) in [5, 5.41) is 0.844. The van der Waals surface area contributed by atoms with Crippen LogP contribution in [-0.4, -0.2) is 5.33 Å². The molecule has 0 fully saturated rings. The first-order valence-electron chi connectivity index (χ1n) is 3.73. The van der Waals surface area contributed by atoms with Crippen molar-refractivity contribution < 1.29 is 4.39 Å². The Kier molecular flexibility index (Phi) is 4.47. The molecule has 1 rings (SSSR count). The highest BCUT2D eigenvalue weighted by atomic mass is 79.9. The Morgan fingerprint density at radius 2 is 2.08 bits per heavy atom. The van der Waals surface area contributed by atoms with Gasteiger partial charge in [-0.2, -0.15) is 0 Å². The van der Waals surface area contributed by atoms with Gasteiger partial charge in [0.15, 0.2) is 0 Å². The van der Waals surface area contributed by atoms with E-state index >= 15 is 0 Å². The van der Waals surface area contributed by atoms with Crippen molar-refractivity contribution in [2.24, 2.45) is 0 Å². The molecule has 0 amide bonds. The summed E-state index contributed by atoms with van der Waals surface area (Å²) in [6.07, 6.45) is 0.772. The van der Waals surface area contributed by atoms with Gasteiger partial charge in [-0.3, -0.25) is 0 Å². The van der Waals surface area contributed by atoms with Gasteiger partial charge in [-0.25, -0.2) is 4.39 Å². The zero-order chi connectivity index (χ0) is 9.68. The lowest BCUT2D eigenvalue weighted by molar-refractivity contribution is 0.626. The Morgan fingerprint density at radius 3 is 2.69 bits per heavy atom. The van der Waals surface area contributed by atoms with E-state index in [0.717, 1.165) is 16.2 Å². The Balaban J connectivity index is 2.85. The van der Waals surface area contributed by atoms with E-state index in [1.807, 2.05) is 0 Å². The predicted molar refractivity (Wildman–Crippen MR) is 59.4 cm³/mol. The molecular weight excluding hydrogens is 299 g/mol. The average Bonchev–Trinajstić information content (AvgIpc) is 2.03. The van der Waals surface area contributed by atoms with Crippen molar-refractivity contribution in [2.45, 2.75) is 6.42 Å². The van der Waals surface area contributed by atoms with Gasteiger partial charge in [-0.15, -0.1) is 0 Å². The molecule has 0 atom stereocenters. The van der Waals surface area contributed by atoms with Gasteiger partial charge < -0.3 is 0 Å². The second-order valence-electron chi connectivity index (χ2n) is 2.40. The van der Waals surface area contributed by atoms with Gasteiger partial charge in [0.2, 0.25) is 0 Å². The maximum Gasteiger partial charge on any atom is 0.125 e. The highest BCUT2D eigenvalue weighted by Crippen LogP contribution is 2.13. The van der Waals surface area contributed by atoms with Crippen LogP contribution in [0.5, 0.6) is 0 Å². The summed E-state index contributed by atoms with van der Waals surface area (Å²) in [6, 6.07) is 4.63. The van der Waals surface area contributed by atoms with Gasteiger partial charge in [-0.1, -0.05) is 43.7 Å². The van der Waals surface area contributed by atoms with Gasteiger partial charge in [0, 0.05) is 21.8 Å². The fourth-order valence-corrected chi connectivity index (χ4v) is 1.50. The highest BCUT2D eigenvalue weighted by Gasteiger charge is 1.95. The molecule has 0 nitrogen and oxygen atoms in total. The van der Waals surface area contributed by atoms with Crippen LogP contribution in [0, 0.1) is 17.7 Å². The molecule has 1 aromatic rings. The van der Waals surface area contributed by atoms with Crippen molar-refractivity contribution in [3.63, 3.8) is 0 Å². The normalized spacial score (nSPS) is 9.15. The van der Waals surface area contributed by atoms with Crippen LogP contribution < -0.4 is 0 Å². The van der Waals surface area contributed by atoms with Crippen molar-refractivity contribution in [2.75, 3.05) is 5.33 Å². The molecule has 1 aromatic carbocycles. The second kappa shape index (κ2) is 5.41. The monoisotopic (exact) mass is 304 g/mol. The Hall–Kier alpha value is -0.330. The first-order valence-corrected chi connectivity index (χ1v) is 5.65. The van der Waals surface area contributed by atoms with Crippen LogP contribution in [0.3, 0.4) is 0 Å². The second-order valence-corrected chi connectivity index (χ2v) is 4.11. The first kappa shape index (κ1) is 10.7. The van der Waals surface area contributed by atoms with Crippen LogP contribution in [0.15, 0.2) is 22.7 Å². The number of hydrogen-bond donors (Lipinski definition) is 0. The number of rotatable bonds is 1. The van der Waals surface area contributed by atoms with Crippen LogP contribution in [0.2, 0.25) is 0 Å². The molecule has 0 saturated heterocycles. The van der Waals surface area contributed by atoms with Gasteiger partial charge in [-0.05, 0) is 18.2 Å². The summed E-state index contributed by atoms with van der Waals surface area (Å²) < 4.78 is 13.5. The van der Waals surface area contributed by atoms with Crippen LogP contribution >= 0.6 is 31.9 Å². The smallest absolute Gasteiger partial charge is 0.125 e. The summed E-state index contributed by atoms with van der Waals surface area (Å²) in [5.74, 6) is 5.53. The van der Waals surface area contributed by atoms with E-state index in [-0.39, 0.29) is 5.82 Å². The number of alkyl halides is 1. The molecule has 0 N–H and O–H groups in total. The Bertz CT molecular complexity index is 329. The van der Waals surface area contributed by atoms with E-state index < -0.39 is 0 Å². The molecule has 0 spiro atoms. The largest absolute Gasteiger partial charge is 0.207 e. The van der Waals surface area contributed by atoms with E-state index in [9.17, 15) is 4.39 Å². The van der Waals surface area contributed by atoms with Crippen molar-refractivity contribution in [1.82, 2.24) is 0 Å². The molecule has 0 aliphatic rings.